The molecule has 0 fully saturated rings. The molecule has 0 saturated carbocycles. The van der Waals surface area contributed by atoms with Gasteiger partial charge in [-0.25, -0.2) is 9.18 Å². The maximum Gasteiger partial charge on any atom is 0.326 e. The molecule has 0 heterocycles. The summed E-state index contributed by atoms with van der Waals surface area (Å²) < 4.78 is 18.2. The van der Waals surface area contributed by atoms with E-state index in [9.17, 15) is 14.0 Å². The summed E-state index contributed by atoms with van der Waals surface area (Å²) in [5.41, 5.74) is 0.366. The number of carbonyl (C=O) groups excluding carboxylic acids is 1. The van der Waals surface area contributed by atoms with Gasteiger partial charge in [0.2, 0.25) is 5.91 Å². The van der Waals surface area contributed by atoms with E-state index in [2.05, 4.69) is 5.32 Å². The standard InChI is InChI=1S/C15H18FNO4/c1-3-4-5-12(15(19)20)17-14(18)9-10-8-11(16)6-7-13(10)21-2/h3-4,6-8,12H,5,9H2,1-2H3,(H,17,18)(H,19,20)/b4-3+. The van der Waals surface area contributed by atoms with Crippen molar-refractivity contribution in [3.8, 4) is 5.75 Å². The molecule has 1 atom stereocenters. The van der Waals surface area contributed by atoms with E-state index in [0.717, 1.165) is 0 Å². The van der Waals surface area contributed by atoms with Gasteiger partial charge in [-0.1, -0.05) is 12.2 Å². The van der Waals surface area contributed by atoms with Crippen LogP contribution in [0.1, 0.15) is 18.9 Å². The first-order chi connectivity index (χ1) is 9.97. The van der Waals surface area contributed by atoms with Crippen LogP contribution >= 0.6 is 0 Å². The van der Waals surface area contributed by atoms with E-state index in [0.29, 0.717) is 11.3 Å². The van der Waals surface area contributed by atoms with E-state index in [1.807, 2.05) is 0 Å². The Morgan fingerprint density at radius 1 is 1.48 bits per heavy atom. The normalized spacial score (nSPS) is 12.1. The summed E-state index contributed by atoms with van der Waals surface area (Å²) >= 11 is 0. The second-order valence-corrected chi connectivity index (χ2v) is 4.40. The molecule has 6 heteroatoms. The van der Waals surface area contributed by atoms with Gasteiger partial charge >= 0.3 is 5.97 Å². The molecular formula is C15H18FNO4. The third kappa shape index (κ3) is 5.25. The van der Waals surface area contributed by atoms with Crippen LogP contribution in [0, 0.1) is 5.82 Å². The van der Waals surface area contributed by atoms with Gasteiger partial charge in [0.25, 0.3) is 0 Å². The molecule has 1 aromatic carbocycles. The number of nitrogens with one attached hydrogen (secondary N) is 1. The van der Waals surface area contributed by atoms with Gasteiger partial charge in [-0.3, -0.25) is 4.79 Å². The summed E-state index contributed by atoms with van der Waals surface area (Å²) in [4.78, 5) is 22.9. The molecule has 0 aromatic heterocycles. The third-order valence-corrected chi connectivity index (χ3v) is 2.83. The quantitative estimate of drug-likeness (QED) is 0.753. The molecule has 0 saturated heterocycles. The molecule has 1 rings (SSSR count). The molecule has 1 amide bonds. The van der Waals surface area contributed by atoms with Crippen molar-refractivity contribution in [2.75, 3.05) is 7.11 Å². The summed E-state index contributed by atoms with van der Waals surface area (Å²) in [5, 5.41) is 11.4. The topological polar surface area (TPSA) is 75.6 Å². The molecule has 0 bridgehead atoms. The fourth-order valence-corrected chi connectivity index (χ4v) is 1.80. The van der Waals surface area contributed by atoms with Gasteiger partial charge in [0.05, 0.1) is 13.5 Å². The number of benzene rings is 1. The highest BCUT2D eigenvalue weighted by Crippen LogP contribution is 2.19. The van der Waals surface area contributed by atoms with E-state index < -0.39 is 23.7 Å². The van der Waals surface area contributed by atoms with Crippen LogP contribution in [0.5, 0.6) is 5.75 Å². The third-order valence-electron chi connectivity index (χ3n) is 2.83. The lowest BCUT2D eigenvalue weighted by atomic mass is 10.1. The Morgan fingerprint density at radius 3 is 2.76 bits per heavy atom. The van der Waals surface area contributed by atoms with Gasteiger partial charge in [-0.15, -0.1) is 0 Å². The molecular weight excluding hydrogens is 277 g/mol. The Kier molecular flexibility index (Phi) is 6.39. The minimum atomic E-state index is -1.12. The first-order valence-electron chi connectivity index (χ1n) is 6.43. The van der Waals surface area contributed by atoms with E-state index in [1.54, 1.807) is 19.1 Å². The number of allylic oxidation sites excluding steroid dienone is 1. The predicted molar refractivity (Wildman–Crippen MR) is 75.7 cm³/mol. The second kappa shape index (κ2) is 8.04. The van der Waals surface area contributed by atoms with Gasteiger partial charge in [-0.05, 0) is 31.5 Å². The summed E-state index contributed by atoms with van der Waals surface area (Å²) in [5.74, 6) is -1.72. The van der Waals surface area contributed by atoms with Gasteiger partial charge in [0.15, 0.2) is 0 Å². The van der Waals surface area contributed by atoms with E-state index in [-0.39, 0.29) is 12.8 Å². The van der Waals surface area contributed by atoms with Gasteiger partial charge in [0.1, 0.15) is 17.6 Å². The zero-order valence-electron chi connectivity index (χ0n) is 11.9. The Labute approximate surface area is 122 Å². The van der Waals surface area contributed by atoms with Crippen molar-refractivity contribution in [2.45, 2.75) is 25.8 Å². The maximum atomic E-state index is 13.2. The van der Waals surface area contributed by atoms with Crippen molar-refractivity contribution >= 4 is 11.9 Å². The number of halogens is 1. The molecule has 114 valence electrons. The van der Waals surface area contributed by atoms with Crippen molar-refractivity contribution in [1.82, 2.24) is 5.32 Å². The summed E-state index contributed by atoms with van der Waals surface area (Å²) in [6, 6.07) is 2.84. The number of aliphatic carboxylic acids is 1. The highest BCUT2D eigenvalue weighted by Gasteiger charge is 2.19. The number of carboxylic acids is 1. The average molecular weight is 295 g/mol. The first-order valence-corrected chi connectivity index (χ1v) is 6.43. The lowest BCUT2D eigenvalue weighted by Gasteiger charge is -2.14. The number of ether oxygens (including phenoxy) is 1. The fourth-order valence-electron chi connectivity index (χ4n) is 1.80. The maximum absolute atomic E-state index is 13.2. The molecule has 21 heavy (non-hydrogen) atoms. The molecule has 1 aromatic rings. The number of hydrogen-bond acceptors (Lipinski definition) is 3. The Balaban J connectivity index is 2.76. The number of carboxylic acid groups (broad SMARTS) is 1. The minimum Gasteiger partial charge on any atom is -0.496 e. The monoisotopic (exact) mass is 295 g/mol. The highest BCUT2D eigenvalue weighted by molar-refractivity contribution is 5.85. The largest absolute Gasteiger partial charge is 0.496 e. The van der Waals surface area contributed by atoms with Crippen LogP contribution < -0.4 is 10.1 Å². The highest BCUT2D eigenvalue weighted by atomic mass is 19.1. The summed E-state index contributed by atoms with van der Waals surface area (Å²) in [6.07, 6.45) is 3.40. The lowest BCUT2D eigenvalue weighted by molar-refractivity contribution is -0.141. The Morgan fingerprint density at radius 2 is 2.19 bits per heavy atom. The molecule has 0 aliphatic rings. The van der Waals surface area contributed by atoms with Crippen LogP contribution in [0.25, 0.3) is 0 Å². The smallest absolute Gasteiger partial charge is 0.326 e. The van der Waals surface area contributed by atoms with Crippen molar-refractivity contribution < 1.29 is 23.8 Å². The van der Waals surface area contributed by atoms with Crippen molar-refractivity contribution in [1.29, 1.82) is 0 Å². The van der Waals surface area contributed by atoms with Gasteiger partial charge in [-0.2, -0.15) is 0 Å². The summed E-state index contributed by atoms with van der Waals surface area (Å²) in [7, 11) is 1.42. The van der Waals surface area contributed by atoms with Crippen LogP contribution in [-0.4, -0.2) is 30.1 Å². The zero-order chi connectivity index (χ0) is 15.8. The van der Waals surface area contributed by atoms with Crippen LogP contribution in [0.15, 0.2) is 30.4 Å². The van der Waals surface area contributed by atoms with Crippen LogP contribution in [-0.2, 0) is 16.0 Å². The lowest BCUT2D eigenvalue weighted by Crippen LogP contribution is -2.41. The fraction of sp³-hybridized carbons (Fsp3) is 0.333. The van der Waals surface area contributed by atoms with Crippen molar-refractivity contribution in [3.63, 3.8) is 0 Å². The number of hydrogen-bond donors (Lipinski definition) is 2. The molecule has 0 radical (unpaired) electrons. The van der Waals surface area contributed by atoms with Crippen LogP contribution in [0.4, 0.5) is 4.39 Å². The van der Waals surface area contributed by atoms with Crippen molar-refractivity contribution in [3.05, 3.63) is 41.7 Å². The number of methoxy groups -OCH3 is 1. The first kappa shape index (κ1) is 16.7. The molecule has 5 nitrogen and oxygen atoms in total. The van der Waals surface area contributed by atoms with Gasteiger partial charge < -0.3 is 15.2 Å². The summed E-state index contributed by atoms with van der Waals surface area (Å²) in [6.45, 7) is 1.76. The van der Waals surface area contributed by atoms with E-state index >= 15 is 0 Å². The zero-order valence-corrected chi connectivity index (χ0v) is 11.9. The number of amides is 1. The number of carbonyl (C=O) groups is 2. The minimum absolute atomic E-state index is 0.152. The second-order valence-electron chi connectivity index (χ2n) is 4.40. The van der Waals surface area contributed by atoms with Crippen LogP contribution in [0.3, 0.4) is 0 Å². The molecule has 0 aliphatic heterocycles. The number of rotatable bonds is 7. The Hall–Kier alpha value is -2.37. The molecule has 0 aliphatic carbocycles. The molecule has 2 N–H and O–H groups in total. The van der Waals surface area contributed by atoms with E-state index in [4.69, 9.17) is 9.84 Å². The average Bonchev–Trinajstić information content (AvgIpc) is 2.43. The van der Waals surface area contributed by atoms with Crippen molar-refractivity contribution in [2.24, 2.45) is 0 Å². The SMILES string of the molecule is C/C=C/CC(NC(=O)Cc1cc(F)ccc1OC)C(=O)O. The van der Waals surface area contributed by atoms with Crippen LogP contribution in [0.2, 0.25) is 0 Å². The van der Waals surface area contributed by atoms with Gasteiger partial charge in [0, 0.05) is 5.56 Å². The van der Waals surface area contributed by atoms with E-state index in [1.165, 1.54) is 25.3 Å². The molecule has 1 unspecified atom stereocenters. The molecule has 0 spiro atoms. The Bertz CT molecular complexity index is 542. The predicted octanol–water partition coefficient (Wildman–Crippen LogP) is 1.91.